The van der Waals surface area contributed by atoms with Gasteiger partial charge in [0.1, 0.15) is 56.1 Å². The van der Waals surface area contributed by atoms with Crippen LogP contribution in [0.2, 0.25) is 0 Å². The molecule has 0 saturated carbocycles. The second-order valence-electron chi connectivity index (χ2n) is 30.4. The van der Waals surface area contributed by atoms with Gasteiger partial charge in [-0.3, -0.25) is 0 Å². The van der Waals surface area contributed by atoms with E-state index in [-0.39, 0.29) is 23.9 Å². The van der Waals surface area contributed by atoms with Gasteiger partial charge in [-0.15, -0.1) is 11.3 Å². The van der Waals surface area contributed by atoms with Crippen molar-refractivity contribution in [2.24, 2.45) is 0 Å². The minimum atomic E-state index is 0.146. The number of para-hydroxylation sites is 8. The molecule has 9 nitrogen and oxygen atoms in total. The second-order valence-corrected chi connectivity index (χ2v) is 31.4. The number of anilines is 4. The zero-order chi connectivity index (χ0) is 74.4. The number of nitrogens with zero attached hydrogens (tertiary/aromatic N) is 4. The lowest BCUT2D eigenvalue weighted by atomic mass is 9.95. The number of benzene rings is 14. The van der Waals surface area contributed by atoms with Crippen molar-refractivity contribution in [3.8, 4) is 55.9 Å². The Bertz CT molecular complexity index is 7440. The van der Waals surface area contributed by atoms with Gasteiger partial charge in [0.25, 0.3) is 0 Å². The molecule has 0 N–H and O–H groups in total. The highest BCUT2D eigenvalue weighted by molar-refractivity contribution is 7.26. The average molecular weight is 1480 g/mol. The van der Waals surface area contributed by atoms with Crippen LogP contribution in [0.4, 0.5) is 22.7 Å². The summed E-state index contributed by atoms with van der Waals surface area (Å²) in [5, 5.41) is 11.4. The van der Waals surface area contributed by atoms with Gasteiger partial charge in [0.05, 0.1) is 56.5 Å². The fourth-order valence-electron chi connectivity index (χ4n) is 19.1. The Morgan fingerprint density at radius 3 is 1.13 bits per heavy atom. The summed E-state index contributed by atoms with van der Waals surface area (Å²) in [7, 11) is 0. The highest BCUT2D eigenvalue weighted by Gasteiger charge is 2.44. The summed E-state index contributed by atoms with van der Waals surface area (Å²) >= 11 is 1.87. The van der Waals surface area contributed by atoms with Crippen LogP contribution in [0, 0.1) is 0 Å². The smallest absolute Gasteiger partial charge is 0.161 e. The Kier molecular flexibility index (Phi) is 13.6. The molecule has 26 rings (SSSR count). The predicted molar refractivity (Wildman–Crippen MR) is 469 cm³/mol. The molecule has 0 saturated heterocycles. The van der Waals surface area contributed by atoms with Crippen LogP contribution in [0.1, 0.15) is 23.4 Å². The van der Waals surface area contributed by atoms with Crippen molar-refractivity contribution in [3.05, 3.63) is 376 Å². The van der Waals surface area contributed by atoms with Crippen LogP contribution in [0.5, 0.6) is 0 Å². The van der Waals surface area contributed by atoms with E-state index in [1.807, 2.05) is 11.3 Å². The summed E-state index contributed by atoms with van der Waals surface area (Å²) in [4.78, 5) is 4.88. The molecule has 8 aromatic heterocycles. The van der Waals surface area contributed by atoms with Crippen LogP contribution in [-0.2, 0) is 0 Å². The van der Waals surface area contributed by atoms with E-state index in [2.05, 4.69) is 383 Å². The molecule has 114 heavy (non-hydrogen) atoms. The van der Waals surface area contributed by atoms with Gasteiger partial charge in [0.15, 0.2) is 5.58 Å². The first-order valence-electron chi connectivity index (χ1n) is 39.0. The third-order valence-corrected chi connectivity index (χ3v) is 25.4. The number of rotatable bonds is 8. The summed E-state index contributed by atoms with van der Waals surface area (Å²) in [6, 6.07) is 113. The molecule has 2 aliphatic heterocycles. The van der Waals surface area contributed by atoms with Crippen LogP contribution >= 0.6 is 11.3 Å². The summed E-state index contributed by atoms with van der Waals surface area (Å²) < 4.78 is 41.1. The topological polar surface area (TPSA) is 82.0 Å². The lowest BCUT2D eigenvalue weighted by Gasteiger charge is -2.28. The molecule has 10 heterocycles. The first kappa shape index (κ1) is 63.2. The molecule has 0 radical (unpaired) electrons. The van der Waals surface area contributed by atoms with Crippen molar-refractivity contribution in [2.75, 3.05) is 9.80 Å². The third-order valence-electron chi connectivity index (χ3n) is 24.2. The van der Waals surface area contributed by atoms with Gasteiger partial charge >= 0.3 is 0 Å². The Hall–Kier alpha value is -14.6. The van der Waals surface area contributed by atoms with E-state index < -0.39 is 0 Å². The Morgan fingerprint density at radius 2 is 0.632 bits per heavy atom. The van der Waals surface area contributed by atoms with Crippen LogP contribution in [0.3, 0.4) is 0 Å². The number of hydrogen-bond donors (Lipinski definition) is 0. The minimum Gasteiger partial charge on any atom is -0.457 e. The summed E-state index contributed by atoms with van der Waals surface area (Å²) in [6.07, 6.45) is 17.7. The first-order valence-corrected chi connectivity index (χ1v) is 39.8. The van der Waals surface area contributed by atoms with Crippen LogP contribution in [-0.4, -0.2) is 21.2 Å². The number of thiophene rings is 1. The monoisotopic (exact) mass is 1480 g/mol. The zero-order valence-electron chi connectivity index (χ0n) is 61.2. The maximum atomic E-state index is 6.89. The number of allylic oxidation sites excluding steroid dienone is 4. The molecule has 0 bridgehead atoms. The molecule has 4 atom stereocenters. The molecule has 4 unspecified atom stereocenters. The van der Waals surface area contributed by atoms with Crippen molar-refractivity contribution in [2.45, 2.75) is 23.9 Å². The maximum absolute atomic E-state index is 6.89. The molecular formula is C104H64N4O5S. The molecule has 0 fully saturated rings. The number of aromatic nitrogens is 2. The van der Waals surface area contributed by atoms with E-state index in [0.717, 1.165) is 172 Å². The third kappa shape index (κ3) is 9.34. The fourth-order valence-corrected chi connectivity index (χ4v) is 20.4. The molecule has 10 heteroatoms. The summed E-state index contributed by atoms with van der Waals surface area (Å²) in [6.45, 7) is 0. The molecule has 4 aliphatic rings. The zero-order valence-corrected chi connectivity index (χ0v) is 62.0. The van der Waals surface area contributed by atoms with E-state index in [4.69, 9.17) is 22.1 Å². The van der Waals surface area contributed by atoms with Gasteiger partial charge in [0, 0.05) is 92.4 Å². The van der Waals surface area contributed by atoms with Crippen molar-refractivity contribution in [3.63, 3.8) is 0 Å². The van der Waals surface area contributed by atoms with Gasteiger partial charge < -0.3 is 41.0 Å². The van der Waals surface area contributed by atoms with Gasteiger partial charge in [-0.1, -0.05) is 218 Å². The SMILES string of the molecule is C1=CC2c3oc4c(-c5ccc6c(c5)oc5cc(-c7ccc8c(c7)oc7c9ccccc9n(-c9ccccc9)c87)ccc56)cccc4c3N(c3ccccc3)C2C=C1.C1=CC2c3oc4c(-c5ccc6c(c5)oc5cc(-c7ccc8c(c7)sc7c9ccccc9n(-c9ccccc9)c87)ccc56)cccc4c3N(c3ccccc3)C2C=C1. The van der Waals surface area contributed by atoms with Crippen molar-refractivity contribution in [1.82, 2.24) is 9.13 Å². The Morgan fingerprint density at radius 1 is 0.254 bits per heavy atom. The second kappa shape index (κ2) is 24.5. The van der Waals surface area contributed by atoms with Gasteiger partial charge in [0.2, 0.25) is 0 Å². The first-order chi connectivity index (χ1) is 56.5. The van der Waals surface area contributed by atoms with E-state index in [9.17, 15) is 0 Å². The van der Waals surface area contributed by atoms with Crippen LogP contribution in [0.25, 0.3) is 186 Å². The normalized spacial score (nSPS) is 16.2. The van der Waals surface area contributed by atoms with Gasteiger partial charge in [-0.05, 0) is 179 Å². The van der Waals surface area contributed by atoms with Gasteiger partial charge in [-0.2, -0.15) is 0 Å². The van der Waals surface area contributed by atoms with Crippen molar-refractivity contribution >= 4 is 164 Å². The molecule has 536 valence electrons. The Labute approximate surface area is 656 Å². The summed E-state index contributed by atoms with van der Waals surface area (Å²) in [5.74, 6) is 2.33. The Balaban J connectivity index is 0.000000129. The van der Waals surface area contributed by atoms with E-state index in [1.165, 1.54) is 48.1 Å². The van der Waals surface area contributed by atoms with Crippen molar-refractivity contribution < 1.29 is 22.1 Å². The minimum absolute atomic E-state index is 0.146. The molecule has 14 aromatic carbocycles. The fraction of sp³-hybridized carbons (Fsp3) is 0.0385. The molecule has 0 amide bonds. The molecular weight excluding hydrogens is 1420 g/mol. The number of fused-ring (bicyclic) bond motifs is 26. The van der Waals surface area contributed by atoms with Gasteiger partial charge in [-0.25, -0.2) is 0 Å². The predicted octanol–water partition coefficient (Wildman–Crippen LogP) is 28.9. The largest absolute Gasteiger partial charge is 0.457 e. The highest BCUT2D eigenvalue weighted by atomic mass is 32.1. The summed E-state index contributed by atoms with van der Waals surface area (Å²) in [5.41, 5.74) is 27.4. The number of furan rings is 5. The molecule has 22 aromatic rings. The molecule has 0 spiro atoms. The standard InChI is InChI=1S/C52H32N2O3.C52H32N2O2S/c1-3-12-34(13-4-1)53-43-20-9-7-16-39(43)51-48(53)41-27-23-32(29-47(41)56-51)31-22-25-37-38-26-24-33(30-46(38)55-45(37)28-31)36-18-11-19-42-49-52(57-50(36)42)40-17-8-10-21-44(40)54(49)35-14-5-2-6-15-35;1-3-12-34(13-4-1)53-43-20-9-7-16-39(43)51-48(53)42-19-11-18-36(50(42)56-51)33-24-26-38-37-25-22-31(28-45(37)55-46(38)29-33)32-23-27-41-47(30-32)57-52-40-17-8-10-21-44(40)54(49(41)52)35-14-5-2-6-15-35/h1-30,40,44H;1-30,39,43H. The molecule has 2 aliphatic carbocycles. The van der Waals surface area contributed by atoms with Crippen molar-refractivity contribution in [1.29, 1.82) is 0 Å². The average Bonchev–Trinajstić information content (AvgIpc) is 1.57. The highest BCUT2D eigenvalue weighted by Crippen LogP contribution is 2.57. The van der Waals surface area contributed by atoms with Crippen LogP contribution < -0.4 is 9.80 Å². The van der Waals surface area contributed by atoms with E-state index in [0.29, 0.717) is 0 Å². The lowest BCUT2D eigenvalue weighted by Crippen LogP contribution is -2.28. The van der Waals surface area contributed by atoms with Crippen LogP contribution in [0.15, 0.2) is 386 Å². The quantitative estimate of drug-likeness (QED) is 0.150. The lowest BCUT2D eigenvalue weighted by molar-refractivity contribution is 0.528. The van der Waals surface area contributed by atoms with E-state index >= 15 is 0 Å². The van der Waals surface area contributed by atoms with E-state index in [1.54, 1.807) is 0 Å². The maximum Gasteiger partial charge on any atom is 0.161 e. The number of hydrogen-bond acceptors (Lipinski definition) is 8.